The number of nitrogens with zero attached hydrogens (tertiary/aromatic N) is 2. The van der Waals surface area contributed by atoms with Crippen molar-refractivity contribution in [3.05, 3.63) is 23.8 Å². The number of rotatable bonds is 15. The Morgan fingerprint density at radius 3 is 2.35 bits per heavy atom. The number of nitrogens with one attached hydrogen (secondary N) is 1. The van der Waals surface area contributed by atoms with Gasteiger partial charge >= 0.3 is 0 Å². The van der Waals surface area contributed by atoms with Crippen molar-refractivity contribution < 1.29 is 28.5 Å². The molecule has 9 nitrogen and oxygen atoms in total. The summed E-state index contributed by atoms with van der Waals surface area (Å²) in [5.74, 6) is 1.25. The van der Waals surface area contributed by atoms with Gasteiger partial charge in [0.15, 0.2) is 11.5 Å². The maximum Gasteiger partial charge on any atom is 0.254 e. The Balaban J connectivity index is 1.58. The molecule has 1 aliphatic carbocycles. The predicted molar refractivity (Wildman–Crippen MR) is 142 cm³/mol. The Morgan fingerprint density at radius 2 is 1.76 bits per heavy atom. The van der Waals surface area contributed by atoms with Crippen molar-refractivity contribution in [3.8, 4) is 11.5 Å². The number of hydrogen-bond donors (Lipinski definition) is 1. The highest BCUT2D eigenvalue weighted by Crippen LogP contribution is 2.31. The van der Waals surface area contributed by atoms with Crippen LogP contribution < -0.4 is 14.8 Å². The number of hydrogen-bond acceptors (Lipinski definition) is 7. The van der Waals surface area contributed by atoms with E-state index in [9.17, 15) is 9.59 Å². The fourth-order valence-electron chi connectivity index (χ4n) is 5.06. The second kappa shape index (κ2) is 14.5. The summed E-state index contributed by atoms with van der Waals surface area (Å²) in [7, 11) is 4.83. The summed E-state index contributed by atoms with van der Waals surface area (Å²) >= 11 is 0. The van der Waals surface area contributed by atoms with Gasteiger partial charge in [0.1, 0.15) is 6.61 Å². The van der Waals surface area contributed by atoms with Gasteiger partial charge in [-0.05, 0) is 64.2 Å². The van der Waals surface area contributed by atoms with E-state index in [2.05, 4.69) is 19.2 Å². The van der Waals surface area contributed by atoms with E-state index in [0.29, 0.717) is 42.4 Å². The summed E-state index contributed by atoms with van der Waals surface area (Å²) in [4.78, 5) is 30.0. The zero-order valence-corrected chi connectivity index (χ0v) is 23.2. The van der Waals surface area contributed by atoms with Gasteiger partial charge in [-0.3, -0.25) is 9.59 Å². The highest BCUT2D eigenvalue weighted by molar-refractivity contribution is 5.95. The van der Waals surface area contributed by atoms with Crippen LogP contribution in [0.25, 0.3) is 0 Å². The molecule has 0 unspecified atom stereocenters. The lowest BCUT2D eigenvalue weighted by molar-refractivity contribution is -0.135. The number of methoxy groups -OCH3 is 3. The van der Waals surface area contributed by atoms with Crippen molar-refractivity contribution in [2.24, 2.45) is 0 Å². The smallest absolute Gasteiger partial charge is 0.254 e. The predicted octanol–water partition coefficient (Wildman–Crippen LogP) is 3.11. The van der Waals surface area contributed by atoms with Gasteiger partial charge in [0.05, 0.1) is 13.7 Å². The SMILES string of the molecule is COCCCOc1cc(C(=O)N(C(C)C)[C@@H]2CC[C@H](CCN(C(=O)COC)C3CC3)NC2)ccc1OC. The average Bonchev–Trinajstić information content (AvgIpc) is 3.73. The minimum atomic E-state index is -0.00489. The van der Waals surface area contributed by atoms with Crippen LogP contribution in [-0.4, -0.2) is 100 Å². The summed E-state index contributed by atoms with van der Waals surface area (Å²) in [5, 5.41) is 3.65. The topological polar surface area (TPSA) is 89.6 Å². The summed E-state index contributed by atoms with van der Waals surface area (Å²) in [6.07, 6.45) is 5.74. The quantitative estimate of drug-likeness (QED) is 0.356. The summed E-state index contributed by atoms with van der Waals surface area (Å²) in [5.41, 5.74) is 0.593. The third kappa shape index (κ3) is 8.32. The molecule has 9 heteroatoms. The first-order valence-electron chi connectivity index (χ1n) is 13.5. The Kier molecular flexibility index (Phi) is 11.5. The number of carbonyl (C=O) groups is 2. The maximum atomic E-state index is 13.7. The molecule has 1 aromatic rings. The Hall–Kier alpha value is -2.36. The molecule has 1 saturated heterocycles. The Labute approximate surface area is 221 Å². The average molecular weight is 520 g/mol. The maximum absolute atomic E-state index is 13.7. The van der Waals surface area contributed by atoms with Gasteiger partial charge in [-0.25, -0.2) is 0 Å². The van der Waals surface area contributed by atoms with E-state index in [1.807, 2.05) is 9.80 Å². The number of ether oxygens (including phenoxy) is 4. The van der Waals surface area contributed by atoms with E-state index in [1.54, 1.807) is 39.5 Å². The van der Waals surface area contributed by atoms with Gasteiger partial charge in [0.25, 0.3) is 5.91 Å². The second-order valence-electron chi connectivity index (χ2n) is 10.2. The molecule has 1 heterocycles. The Morgan fingerprint density at radius 1 is 1.00 bits per heavy atom. The Bertz CT molecular complexity index is 867. The van der Waals surface area contributed by atoms with Gasteiger partial charge in [0.2, 0.25) is 5.91 Å². The van der Waals surface area contributed by atoms with Crippen molar-refractivity contribution in [1.82, 2.24) is 15.1 Å². The molecule has 1 aliphatic heterocycles. The highest BCUT2D eigenvalue weighted by atomic mass is 16.5. The van der Waals surface area contributed by atoms with Crippen molar-refractivity contribution >= 4 is 11.8 Å². The van der Waals surface area contributed by atoms with Crippen LogP contribution in [0.2, 0.25) is 0 Å². The molecule has 2 aliphatic rings. The van der Waals surface area contributed by atoms with Crippen molar-refractivity contribution in [1.29, 1.82) is 0 Å². The first kappa shape index (κ1) is 29.2. The van der Waals surface area contributed by atoms with Crippen LogP contribution >= 0.6 is 0 Å². The fraction of sp³-hybridized carbons (Fsp3) is 0.714. The highest BCUT2D eigenvalue weighted by Gasteiger charge is 2.34. The van der Waals surface area contributed by atoms with E-state index in [4.69, 9.17) is 18.9 Å². The van der Waals surface area contributed by atoms with E-state index < -0.39 is 0 Å². The van der Waals surface area contributed by atoms with Crippen LogP contribution in [0.5, 0.6) is 11.5 Å². The molecule has 2 fully saturated rings. The van der Waals surface area contributed by atoms with Crippen LogP contribution in [-0.2, 0) is 14.3 Å². The third-order valence-electron chi connectivity index (χ3n) is 7.13. The molecule has 1 N–H and O–H groups in total. The largest absolute Gasteiger partial charge is 0.493 e. The number of carbonyl (C=O) groups excluding carboxylic acids is 2. The molecule has 0 radical (unpaired) electrons. The van der Waals surface area contributed by atoms with Crippen LogP contribution in [0.3, 0.4) is 0 Å². The molecule has 2 atom stereocenters. The third-order valence-corrected chi connectivity index (χ3v) is 7.13. The van der Waals surface area contributed by atoms with Gasteiger partial charge in [-0.15, -0.1) is 0 Å². The first-order valence-corrected chi connectivity index (χ1v) is 13.5. The monoisotopic (exact) mass is 519 g/mol. The van der Waals surface area contributed by atoms with Gasteiger partial charge in [-0.2, -0.15) is 0 Å². The van der Waals surface area contributed by atoms with Crippen molar-refractivity contribution in [3.63, 3.8) is 0 Å². The van der Waals surface area contributed by atoms with Crippen LogP contribution in [0.15, 0.2) is 18.2 Å². The zero-order valence-electron chi connectivity index (χ0n) is 23.2. The molecule has 3 rings (SSSR count). The van der Waals surface area contributed by atoms with E-state index in [0.717, 1.165) is 51.6 Å². The lowest BCUT2D eigenvalue weighted by atomic mass is 9.95. The molecule has 1 aromatic carbocycles. The van der Waals surface area contributed by atoms with Gasteiger partial charge in [-0.1, -0.05) is 0 Å². The van der Waals surface area contributed by atoms with Crippen molar-refractivity contribution in [2.45, 2.75) is 76.5 Å². The first-order chi connectivity index (χ1) is 17.9. The standard InChI is InChI=1S/C28H45N3O6/c1-20(2)31(28(33)21-7-12-25(36-5)26(17-21)37-16-6-15-34-3)24-9-8-22(29-18-24)13-14-30(23-10-11-23)27(32)19-35-4/h7,12,17,20,22-24,29H,6,8-11,13-16,18-19H2,1-5H3/t22-,24-/m1/s1. The number of benzene rings is 1. The molecule has 0 bridgehead atoms. The number of amides is 2. The molecule has 1 saturated carbocycles. The van der Waals surface area contributed by atoms with Gasteiger partial charge < -0.3 is 34.1 Å². The van der Waals surface area contributed by atoms with Gasteiger partial charge in [0, 0.05) is 70.1 Å². The minimum absolute atomic E-state index is 0.00489. The molecule has 208 valence electrons. The minimum Gasteiger partial charge on any atom is -0.493 e. The molecule has 0 aromatic heterocycles. The van der Waals surface area contributed by atoms with Crippen LogP contribution in [0, 0.1) is 0 Å². The summed E-state index contributed by atoms with van der Waals surface area (Å²) in [6.45, 7) is 6.85. The molecular weight excluding hydrogens is 474 g/mol. The molecule has 2 amide bonds. The zero-order chi connectivity index (χ0) is 26.8. The second-order valence-corrected chi connectivity index (χ2v) is 10.2. The fourth-order valence-corrected chi connectivity index (χ4v) is 5.06. The lowest BCUT2D eigenvalue weighted by Crippen LogP contribution is -2.54. The number of piperidine rings is 1. The van der Waals surface area contributed by atoms with Crippen LogP contribution in [0.1, 0.15) is 62.7 Å². The molecular formula is C28H45N3O6. The normalized spacial score (nSPS) is 19.5. The van der Waals surface area contributed by atoms with E-state index in [1.165, 1.54) is 0 Å². The summed E-state index contributed by atoms with van der Waals surface area (Å²) in [6, 6.07) is 6.26. The van der Waals surface area contributed by atoms with E-state index in [-0.39, 0.29) is 30.5 Å². The van der Waals surface area contributed by atoms with E-state index >= 15 is 0 Å². The summed E-state index contributed by atoms with van der Waals surface area (Å²) < 4.78 is 21.5. The van der Waals surface area contributed by atoms with Crippen LogP contribution in [0.4, 0.5) is 0 Å². The molecule has 37 heavy (non-hydrogen) atoms. The lowest BCUT2D eigenvalue weighted by Gasteiger charge is -2.40. The van der Waals surface area contributed by atoms with Crippen molar-refractivity contribution in [2.75, 3.05) is 54.2 Å². The molecule has 0 spiro atoms.